The van der Waals surface area contributed by atoms with Crippen LogP contribution in [-0.2, 0) is 0 Å². The molecule has 0 amide bonds. The van der Waals surface area contributed by atoms with E-state index >= 15 is 0 Å². The van der Waals surface area contributed by atoms with Gasteiger partial charge in [-0.05, 0) is 0 Å². The molecule has 0 spiro atoms. The van der Waals surface area contributed by atoms with Crippen molar-refractivity contribution in [3.05, 3.63) is 18.7 Å². The average Bonchev–Trinajstić information content (AvgIpc) is 1.76. The van der Waals surface area contributed by atoms with Crippen LogP contribution in [0.2, 0.25) is 0 Å². The molecule has 0 saturated heterocycles. The predicted octanol–water partition coefficient (Wildman–Crippen LogP) is -5.96. The molecule has 0 radical (unpaired) electrons. The monoisotopic (exact) mass is 178 g/mol. The summed E-state index contributed by atoms with van der Waals surface area (Å²) in [5, 5.41) is 0. The third-order valence-corrected chi connectivity index (χ3v) is 0.406. The molecule has 0 atom stereocenters. The van der Waals surface area contributed by atoms with Crippen molar-refractivity contribution in [2.75, 3.05) is 0 Å². The van der Waals surface area contributed by atoms with Gasteiger partial charge in [0.05, 0.1) is 6.33 Å². The number of hydrogen-bond acceptors (Lipinski definition) is 1. The Morgan fingerprint density at radius 1 is 1.25 bits per heavy atom. The van der Waals surface area contributed by atoms with Gasteiger partial charge in [-0.3, -0.25) is 0 Å². The second-order valence-corrected chi connectivity index (χ2v) is 0.761. The normalized spacial score (nSPS) is 5.00. The fraction of sp³-hybridized carbons (Fsp3) is 0. The smallest absolute Gasteiger partial charge is 1.00 e. The van der Waals surface area contributed by atoms with Crippen molar-refractivity contribution in [1.82, 2.24) is 9.97 Å². The van der Waals surface area contributed by atoms with Gasteiger partial charge in [0, 0.05) is 12.4 Å². The van der Waals surface area contributed by atoms with Gasteiger partial charge >= 0.3 is 37.7 Å². The third kappa shape index (κ3) is 7.05. The minimum atomic E-state index is 0. The summed E-state index contributed by atoms with van der Waals surface area (Å²) < 4.78 is 0. The van der Waals surface area contributed by atoms with E-state index in [1.54, 1.807) is 18.7 Å². The molecular weight excluding hydrogens is 175 g/mol. The molecule has 0 bridgehead atoms. The summed E-state index contributed by atoms with van der Waals surface area (Å²) in [6.07, 6.45) is 5.08. The van der Waals surface area contributed by atoms with Gasteiger partial charge in [0.15, 0.2) is 0 Å². The van der Waals surface area contributed by atoms with Crippen molar-refractivity contribution >= 4 is 37.7 Å². The molecule has 1 heterocycles. The molecule has 0 aliphatic heterocycles. The minimum Gasteiger partial charge on any atom is -1.00 e. The Labute approximate surface area is 90.3 Å². The van der Waals surface area contributed by atoms with E-state index in [1.165, 1.54) is 0 Å². The summed E-state index contributed by atoms with van der Waals surface area (Å²) in [6.45, 7) is 0. The van der Waals surface area contributed by atoms with E-state index in [0.29, 0.717) is 0 Å². The summed E-state index contributed by atoms with van der Waals surface area (Å²) >= 11 is 0. The van der Waals surface area contributed by atoms with E-state index in [4.69, 9.17) is 0 Å². The Morgan fingerprint density at radius 3 is 2.00 bits per heavy atom. The molecule has 1 N–H and O–H groups in total. The second-order valence-electron chi connectivity index (χ2n) is 0.761. The zero-order chi connectivity index (χ0) is 3.54. The minimum absolute atomic E-state index is 0. The number of aromatic amines is 1. The Hall–Kier alpha value is 1.05. The number of hydrogen-bond donors (Lipinski definition) is 1. The topological polar surface area (TPSA) is 28.7 Å². The molecule has 0 fully saturated rings. The number of aromatic nitrogens is 2. The Bertz CT molecular complexity index is 71.8. The Kier molecular flexibility index (Phi) is 21.9. The van der Waals surface area contributed by atoms with Crippen molar-refractivity contribution in [2.45, 2.75) is 0 Å². The van der Waals surface area contributed by atoms with Crippen molar-refractivity contribution in [3.8, 4) is 0 Å². The van der Waals surface area contributed by atoms with Crippen LogP contribution in [0, 0.1) is 0 Å². The summed E-state index contributed by atoms with van der Waals surface area (Å²) in [5.41, 5.74) is 0. The molecular formula is C3H4CaCl2N2. The predicted molar refractivity (Wildman–Crippen MR) is 24.3 cm³/mol. The van der Waals surface area contributed by atoms with E-state index in [9.17, 15) is 0 Å². The molecule has 1 aromatic heterocycles. The van der Waals surface area contributed by atoms with Crippen LogP contribution >= 0.6 is 0 Å². The van der Waals surface area contributed by atoms with Gasteiger partial charge < -0.3 is 29.8 Å². The molecule has 1 aromatic rings. The Balaban J connectivity index is -0.0000000833. The van der Waals surface area contributed by atoms with Crippen molar-refractivity contribution in [3.63, 3.8) is 0 Å². The number of nitrogens with one attached hydrogen (secondary N) is 1. The zero-order valence-electron chi connectivity index (χ0n) is 4.14. The van der Waals surface area contributed by atoms with Crippen LogP contribution in [0.3, 0.4) is 0 Å². The maximum absolute atomic E-state index is 3.67. The number of halogens is 2. The van der Waals surface area contributed by atoms with E-state index in [0.717, 1.165) is 0 Å². The van der Waals surface area contributed by atoms with E-state index in [2.05, 4.69) is 9.97 Å². The number of rotatable bonds is 0. The molecule has 5 heteroatoms. The first-order valence-electron chi connectivity index (χ1n) is 1.43. The van der Waals surface area contributed by atoms with Crippen LogP contribution in [-0.4, -0.2) is 47.7 Å². The second kappa shape index (κ2) is 10.9. The van der Waals surface area contributed by atoms with Crippen molar-refractivity contribution < 1.29 is 24.8 Å². The summed E-state index contributed by atoms with van der Waals surface area (Å²) in [4.78, 5) is 6.42. The maximum Gasteiger partial charge on any atom is 2.00 e. The number of nitrogens with zero attached hydrogens (tertiary/aromatic N) is 1. The molecule has 8 heavy (non-hydrogen) atoms. The maximum atomic E-state index is 3.67. The number of H-pyrrole nitrogens is 1. The summed E-state index contributed by atoms with van der Waals surface area (Å²) in [5.74, 6) is 0. The van der Waals surface area contributed by atoms with Crippen LogP contribution in [0.15, 0.2) is 18.7 Å². The van der Waals surface area contributed by atoms with Gasteiger partial charge in [0.2, 0.25) is 0 Å². The molecule has 42 valence electrons. The van der Waals surface area contributed by atoms with Crippen LogP contribution in [0.1, 0.15) is 0 Å². The first kappa shape index (κ1) is 16.0. The van der Waals surface area contributed by atoms with Crippen LogP contribution in [0.25, 0.3) is 0 Å². The van der Waals surface area contributed by atoms with Gasteiger partial charge in [-0.2, -0.15) is 0 Å². The van der Waals surface area contributed by atoms with Gasteiger partial charge in [0.1, 0.15) is 0 Å². The number of imidazole rings is 1. The molecule has 0 saturated carbocycles. The molecule has 0 unspecified atom stereocenters. The SMILES string of the molecule is [Ca+2].[Cl-].[Cl-].c1c[nH]cn1. The molecule has 0 aliphatic rings. The third-order valence-electron chi connectivity index (χ3n) is 0.406. The fourth-order valence-electron chi connectivity index (χ4n) is 0.215. The Morgan fingerprint density at radius 2 is 1.88 bits per heavy atom. The first-order chi connectivity index (χ1) is 2.50. The van der Waals surface area contributed by atoms with Gasteiger partial charge in [-0.15, -0.1) is 0 Å². The van der Waals surface area contributed by atoms with Crippen molar-refractivity contribution in [2.24, 2.45) is 0 Å². The van der Waals surface area contributed by atoms with Crippen LogP contribution < -0.4 is 24.8 Å². The standard InChI is InChI=1S/C3H4N2.Ca.2ClH/c1-2-5-3-4-1;;;/h1-3H,(H,4,5);;2*1H/q;+2;;/p-2. The molecule has 0 aliphatic carbocycles. The van der Waals surface area contributed by atoms with E-state index in [1.807, 2.05) is 0 Å². The van der Waals surface area contributed by atoms with Gasteiger partial charge in [0.25, 0.3) is 0 Å². The largest absolute Gasteiger partial charge is 2.00 e. The van der Waals surface area contributed by atoms with Crippen molar-refractivity contribution in [1.29, 1.82) is 0 Å². The molecule has 1 rings (SSSR count). The van der Waals surface area contributed by atoms with E-state index in [-0.39, 0.29) is 62.6 Å². The molecule has 2 nitrogen and oxygen atoms in total. The quantitative estimate of drug-likeness (QED) is 0.395. The van der Waals surface area contributed by atoms with Crippen LogP contribution in [0.5, 0.6) is 0 Å². The fourth-order valence-corrected chi connectivity index (χ4v) is 0.215. The van der Waals surface area contributed by atoms with Gasteiger partial charge in [-0.25, -0.2) is 4.98 Å². The van der Waals surface area contributed by atoms with Crippen LogP contribution in [0.4, 0.5) is 0 Å². The summed E-state index contributed by atoms with van der Waals surface area (Å²) in [6, 6.07) is 0. The van der Waals surface area contributed by atoms with E-state index < -0.39 is 0 Å². The zero-order valence-corrected chi connectivity index (χ0v) is 7.86. The summed E-state index contributed by atoms with van der Waals surface area (Å²) in [7, 11) is 0. The first-order valence-corrected chi connectivity index (χ1v) is 1.43. The molecule has 0 aromatic carbocycles. The van der Waals surface area contributed by atoms with Gasteiger partial charge in [-0.1, -0.05) is 0 Å². The average molecular weight is 179 g/mol.